The van der Waals surface area contributed by atoms with Crippen molar-refractivity contribution in [3.8, 4) is 11.5 Å². The number of ether oxygens (including phenoxy) is 1. The number of fused-ring (bicyclic) bond motifs is 1. The van der Waals surface area contributed by atoms with Crippen LogP contribution in [0.1, 0.15) is 12.5 Å². The number of aromatic nitrogens is 1. The number of aliphatic imine (C=N–C) groups is 1. The molecule has 2 N–H and O–H groups in total. The standard InChI is InChI=1S/C18H12ClF4N3O2/c1-17(18(22,23)7-27-16(24)26-17)10-5-9(11(20)6-12(10)21)15-25-13-3-2-8(19)4-14(13)28-15/h2-6H,7H2,1H3,(H2,24,26)/t17-/m0/s1. The third kappa shape index (κ3) is 2.77. The Bertz CT molecular complexity index is 1130. The number of hydrogen-bond donors (Lipinski definition) is 1. The summed E-state index contributed by atoms with van der Waals surface area (Å²) in [5.41, 5.74) is 2.77. The highest BCUT2D eigenvalue weighted by molar-refractivity contribution is 6.31. The van der Waals surface area contributed by atoms with Crippen LogP contribution in [0.25, 0.3) is 22.6 Å². The molecule has 1 aliphatic rings. The molecule has 2 heterocycles. The molecule has 0 amide bonds. The van der Waals surface area contributed by atoms with E-state index in [-0.39, 0.29) is 17.0 Å². The molecule has 0 unspecified atom stereocenters. The van der Waals surface area contributed by atoms with Crippen LogP contribution in [-0.4, -0.2) is 23.5 Å². The summed E-state index contributed by atoms with van der Waals surface area (Å²) in [5.74, 6) is -6.05. The van der Waals surface area contributed by atoms with Gasteiger partial charge in [-0.25, -0.2) is 18.8 Å². The molecule has 0 fully saturated rings. The molecule has 4 rings (SSSR count). The van der Waals surface area contributed by atoms with Crippen LogP contribution in [0.5, 0.6) is 0 Å². The van der Waals surface area contributed by atoms with Gasteiger partial charge >= 0.3 is 5.92 Å². The van der Waals surface area contributed by atoms with E-state index >= 15 is 0 Å². The number of nitrogens with two attached hydrogens (primary N) is 1. The molecular formula is C18H12ClF4N3O2. The van der Waals surface area contributed by atoms with Gasteiger partial charge in [-0.3, -0.25) is 0 Å². The van der Waals surface area contributed by atoms with Crippen LogP contribution in [0.15, 0.2) is 39.7 Å². The highest BCUT2D eigenvalue weighted by atomic mass is 35.5. The summed E-state index contributed by atoms with van der Waals surface area (Å²) >= 11 is 5.88. The average Bonchev–Trinajstić information content (AvgIpc) is 3.01. The van der Waals surface area contributed by atoms with Crippen LogP contribution in [0.4, 0.5) is 17.6 Å². The predicted octanol–water partition coefficient (Wildman–Crippen LogP) is 4.62. The minimum Gasteiger partial charge on any atom is -0.459 e. The number of halogens is 5. The van der Waals surface area contributed by atoms with Crippen molar-refractivity contribution in [2.24, 2.45) is 10.7 Å². The number of hydrogen-bond acceptors (Lipinski definition) is 5. The summed E-state index contributed by atoms with van der Waals surface area (Å²) in [6, 6.07) is 5.43. The molecule has 1 atom stereocenters. The monoisotopic (exact) mass is 413 g/mol. The molecule has 0 saturated heterocycles. The fourth-order valence-corrected chi connectivity index (χ4v) is 3.16. The van der Waals surface area contributed by atoms with E-state index in [1.54, 1.807) is 12.1 Å². The fourth-order valence-electron chi connectivity index (χ4n) is 3.00. The highest BCUT2D eigenvalue weighted by Crippen LogP contribution is 2.45. The molecule has 0 aliphatic carbocycles. The number of nitrogens with zero attached hydrogens (tertiary/aromatic N) is 2. The van der Waals surface area contributed by atoms with Crippen molar-refractivity contribution in [2.75, 3.05) is 6.61 Å². The van der Waals surface area contributed by atoms with E-state index in [1.807, 2.05) is 0 Å². The van der Waals surface area contributed by atoms with Gasteiger partial charge in [0.2, 0.25) is 5.89 Å². The maximum atomic E-state index is 14.5. The van der Waals surface area contributed by atoms with Crippen molar-refractivity contribution in [1.82, 2.24) is 4.98 Å². The number of amidine groups is 1. The number of benzene rings is 2. The maximum absolute atomic E-state index is 14.5. The summed E-state index contributed by atoms with van der Waals surface area (Å²) in [6.45, 7) is -0.0965. The third-order valence-corrected chi connectivity index (χ3v) is 4.84. The summed E-state index contributed by atoms with van der Waals surface area (Å²) in [4.78, 5) is 7.72. The largest absolute Gasteiger partial charge is 0.459 e. The van der Waals surface area contributed by atoms with E-state index in [1.165, 1.54) is 6.07 Å². The van der Waals surface area contributed by atoms with E-state index in [2.05, 4.69) is 14.7 Å². The van der Waals surface area contributed by atoms with E-state index in [0.717, 1.165) is 13.0 Å². The zero-order valence-corrected chi connectivity index (χ0v) is 15.0. The maximum Gasteiger partial charge on any atom is 0.310 e. The van der Waals surface area contributed by atoms with Gasteiger partial charge in [0.25, 0.3) is 6.02 Å². The molecule has 0 bridgehead atoms. The molecule has 1 aromatic heterocycles. The summed E-state index contributed by atoms with van der Waals surface area (Å²) in [6.07, 6.45) is 0. The Morgan fingerprint density at radius 3 is 2.64 bits per heavy atom. The molecule has 2 aromatic carbocycles. The van der Waals surface area contributed by atoms with Crippen molar-refractivity contribution >= 4 is 28.7 Å². The third-order valence-electron chi connectivity index (χ3n) is 4.61. The van der Waals surface area contributed by atoms with Gasteiger partial charge in [0, 0.05) is 22.7 Å². The van der Waals surface area contributed by atoms with Crippen molar-refractivity contribution in [3.63, 3.8) is 0 Å². The Labute approximate surface area is 160 Å². The molecule has 0 spiro atoms. The van der Waals surface area contributed by atoms with Gasteiger partial charge in [-0.1, -0.05) is 11.6 Å². The molecule has 3 aromatic rings. The highest BCUT2D eigenvalue weighted by Gasteiger charge is 2.56. The second kappa shape index (κ2) is 6.10. The second-order valence-corrected chi connectivity index (χ2v) is 6.89. The molecule has 10 heteroatoms. The summed E-state index contributed by atoms with van der Waals surface area (Å²) in [7, 11) is 0. The predicted molar refractivity (Wildman–Crippen MR) is 94.2 cm³/mol. The zero-order valence-electron chi connectivity index (χ0n) is 14.3. The molecule has 0 saturated carbocycles. The van der Waals surface area contributed by atoms with Crippen LogP contribution in [0.2, 0.25) is 5.02 Å². The van der Waals surface area contributed by atoms with Gasteiger partial charge in [-0.05, 0) is 25.1 Å². The normalized spacial score (nSPS) is 21.4. The first-order valence-corrected chi connectivity index (χ1v) is 8.40. The lowest BCUT2D eigenvalue weighted by atomic mass is 9.84. The Kier molecular flexibility index (Phi) is 4.04. The molecule has 0 radical (unpaired) electrons. The van der Waals surface area contributed by atoms with Gasteiger partial charge in [0.1, 0.15) is 17.2 Å². The lowest BCUT2D eigenvalue weighted by Gasteiger charge is -2.37. The van der Waals surface area contributed by atoms with Gasteiger partial charge < -0.3 is 14.9 Å². The van der Waals surface area contributed by atoms with Gasteiger partial charge in [-0.15, -0.1) is 0 Å². The Morgan fingerprint density at radius 2 is 1.89 bits per heavy atom. The van der Waals surface area contributed by atoms with E-state index in [9.17, 15) is 17.6 Å². The summed E-state index contributed by atoms with van der Waals surface area (Å²) < 4.78 is 68.1. The molecule has 5 nitrogen and oxygen atoms in total. The molecule has 28 heavy (non-hydrogen) atoms. The Hall–Kier alpha value is -2.81. The first kappa shape index (κ1) is 18.5. The smallest absolute Gasteiger partial charge is 0.310 e. The van der Waals surface area contributed by atoms with Crippen LogP contribution in [0, 0.1) is 11.6 Å². The van der Waals surface area contributed by atoms with E-state index in [0.29, 0.717) is 16.6 Å². The van der Waals surface area contributed by atoms with Gasteiger partial charge in [0.15, 0.2) is 17.7 Å². The molecule has 1 aliphatic heterocycles. The number of alkyl halides is 2. The first-order chi connectivity index (χ1) is 13.1. The zero-order chi connectivity index (χ0) is 20.3. The van der Waals surface area contributed by atoms with E-state index < -0.39 is 41.3 Å². The first-order valence-electron chi connectivity index (χ1n) is 8.03. The minimum atomic E-state index is -3.60. The molecular weight excluding hydrogens is 402 g/mol. The number of rotatable bonds is 2. The lowest BCUT2D eigenvalue weighted by molar-refractivity contribution is -0.117. The van der Waals surface area contributed by atoms with Crippen LogP contribution in [-0.2, 0) is 10.3 Å². The van der Waals surface area contributed by atoms with Gasteiger partial charge in [-0.2, -0.15) is 8.78 Å². The van der Waals surface area contributed by atoms with Crippen molar-refractivity contribution < 1.29 is 26.7 Å². The average molecular weight is 414 g/mol. The van der Waals surface area contributed by atoms with Crippen molar-refractivity contribution in [3.05, 3.63) is 52.6 Å². The van der Waals surface area contributed by atoms with Gasteiger partial charge in [0.05, 0.1) is 5.56 Å². The summed E-state index contributed by atoms with van der Waals surface area (Å²) in [5, 5.41) is 0.370. The fraction of sp³-hybridized carbons (Fsp3) is 0.222. The second-order valence-electron chi connectivity index (χ2n) is 6.46. The van der Waals surface area contributed by atoms with Crippen molar-refractivity contribution in [1.29, 1.82) is 0 Å². The Balaban J connectivity index is 1.92. The SMILES string of the molecule is C[C@@]1(c2cc(-c3nc4ccc(Cl)cc4o3)c(F)cc2F)N=C(N)OCC1(F)F. The Morgan fingerprint density at radius 1 is 1.14 bits per heavy atom. The number of oxazole rings is 1. The van der Waals surface area contributed by atoms with Crippen LogP contribution >= 0.6 is 11.6 Å². The molecule has 146 valence electrons. The van der Waals surface area contributed by atoms with Crippen LogP contribution < -0.4 is 5.73 Å². The topological polar surface area (TPSA) is 73.6 Å². The van der Waals surface area contributed by atoms with Crippen LogP contribution in [0.3, 0.4) is 0 Å². The van der Waals surface area contributed by atoms with Crippen molar-refractivity contribution in [2.45, 2.75) is 18.4 Å². The van der Waals surface area contributed by atoms with E-state index in [4.69, 9.17) is 21.8 Å². The minimum absolute atomic E-state index is 0.216. The lowest BCUT2D eigenvalue weighted by Crippen LogP contribution is -2.51. The quantitative estimate of drug-likeness (QED) is 0.622.